The summed E-state index contributed by atoms with van der Waals surface area (Å²) in [6.07, 6.45) is 0. The Hall–Kier alpha value is -7.92. The van der Waals surface area contributed by atoms with Crippen molar-refractivity contribution in [3.8, 4) is 67.4 Å². The fourth-order valence-corrected chi connectivity index (χ4v) is 11.5. The molecule has 11 aromatic rings. The smallest absolute Gasteiger partial charge is 0.160 e. The number of hydrogen-bond acceptors (Lipinski definition) is 4. The second-order valence-electron chi connectivity index (χ2n) is 16.7. The van der Waals surface area contributed by atoms with Gasteiger partial charge in [-0.15, -0.1) is 0 Å². The molecule has 3 nitrogen and oxygen atoms in total. The SMILES string of the molecule is c1ccc(-c2cc(-c3cccc(-c4ccc(-c5nc6ccccc6c6cc7c(cc56)Sc5ccccc5C75c6ccccc6-c6ccccc65)cc4)c3)nc(-c3ccccc3)n2)cc1. The van der Waals surface area contributed by atoms with Crippen molar-refractivity contribution in [3.05, 3.63) is 247 Å². The van der Waals surface area contributed by atoms with Crippen molar-refractivity contribution in [1.29, 1.82) is 0 Å². The molecule has 298 valence electrons. The van der Waals surface area contributed by atoms with E-state index in [1.54, 1.807) is 0 Å². The average molecular weight is 832 g/mol. The standard InChI is InChI=1S/C60H37N3S/c1-3-16-39(17-4-1)54-37-55(63-59(62-54)41-18-5-2-6-19-41)43-21-15-20-42(34-43)38-30-32-40(33-31-38)58-48-36-57-52(35-47(48)46-24-9-13-28-53(46)61-58)60(51-27-12-14-29-56(51)64-57)49-25-10-7-22-44(49)45-23-8-11-26-50(45)60/h1-37H. The molecule has 2 aliphatic rings. The van der Waals surface area contributed by atoms with E-state index in [0.717, 1.165) is 66.8 Å². The van der Waals surface area contributed by atoms with Crippen LogP contribution in [0.3, 0.4) is 0 Å². The molecule has 0 radical (unpaired) electrons. The summed E-state index contributed by atoms with van der Waals surface area (Å²) < 4.78 is 0. The van der Waals surface area contributed by atoms with Gasteiger partial charge in [-0.3, -0.25) is 0 Å². The lowest BCUT2D eigenvalue weighted by Gasteiger charge is -2.40. The maximum absolute atomic E-state index is 5.43. The van der Waals surface area contributed by atoms with Crippen LogP contribution >= 0.6 is 11.8 Å². The van der Waals surface area contributed by atoms with Crippen LogP contribution in [0.25, 0.3) is 89.1 Å². The lowest BCUT2D eigenvalue weighted by atomic mass is 9.67. The lowest BCUT2D eigenvalue weighted by Crippen LogP contribution is -2.32. The van der Waals surface area contributed by atoms with E-state index in [2.05, 4.69) is 200 Å². The summed E-state index contributed by atoms with van der Waals surface area (Å²) in [7, 11) is 0. The van der Waals surface area contributed by atoms with Crippen molar-refractivity contribution in [2.24, 2.45) is 0 Å². The summed E-state index contributed by atoms with van der Waals surface area (Å²) in [5, 5.41) is 3.53. The number of fused-ring (bicyclic) bond motifs is 12. The van der Waals surface area contributed by atoms with Gasteiger partial charge >= 0.3 is 0 Å². The third-order valence-corrected chi connectivity index (χ3v) is 14.3. The van der Waals surface area contributed by atoms with Crippen LogP contribution in [0.1, 0.15) is 22.3 Å². The number of pyridine rings is 1. The second kappa shape index (κ2) is 14.6. The molecule has 0 atom stereocenters. The number of nitrogens with zero attached hydrogens (tertiary/aromatic N) is 3. The quantitative estimate of drug-likeness (QED) is 0.162. The van der Waals surface area contributed by atoms with Crippen LogP contribution in [0.2, 0.25) is 0 Å². The van der Waals surface area contributed by atoms with Crippen LogP contribution in [0.5, 0.6) is 0 Å². The molecule has 0 N–H and O–H groups in total. The van der Waals surface area contributed by atoms with Crippen LogP contribution < -0.4 is 0 Å². The van der Waals surface area contributed by atoms with Gasteiger partial charge in [0.05, 0.1) is 28.0 Å². The van der Waals surface area contributed by atoms with Crippen LogP contribution in [-0.4, -0.2) is 15.0 Å². The van der Waals surface area contributed by atoms with Crippen LogP contribution in [0, 0.1) is 0 Å². The highest BCUT2D eigenvalue weighted by molar-refractivity contribution is 7.99. The van der Waals surface area contributed by atoms with E-state index in [9.17, 15) is 0 Å². The van der Waals surface area contributed by atoms with Crippen molar-refractivity contribution < 1.29 is 0 Å². The van der Waals surface area contributed by atoms with Gasteiger partial charge in [0.1, 0.15) is 0 Å². The zero-order valence-corrected chi connectivity index (χ0v) is 35.4. The van der Waals surface area contributed by atoms with Crippen molar-refractivity contribution in [1.82, 2.24) is 15.0 Å². The molecule has 1 spiro atoms. The summed E-state index contributed by atoms with van der Waals surface area (Å²) in [6.45, 7) is 0. The Morgan fingerprint density at radius 3 is 1.64 bits per heavy atom. The Morgan fingerprint density at radius 1 is 0.312 bits per heavy atom. The minimum Gasteiger partial charge on any atom is -0.247 e. The van der Waals surface area contributed by atoms with Crippen molar-refractivity contribution in [2.45, 2.75) is 15.2 Å². The van der Waals surface area contributed by atoms with Gasteiger partial charge in [0.25, 0.3) is 0 Å². The third-order valence-electron chi connectivity index (χ3n) is 13.1. The van der Waals surface area contributed by atoms with Crippen molar-refractivity contribution in [2.75, 3.05) is 0 Å². The highest BCUT2D eigenvalue weighted by atomic mass is 32.2. The Kier molecular flexibility index (Phi) is 8.37. The molecule has 0 amide bonds. The van der Waals surface area contributed by atoms with E-state index in [1.807, 2.05) is 36.0 Å². The molecule has 0 fully saturated rings. The number of benzene rings is 9. The molecule has 1 aliphatic heterocycles. The molecule has 9 aromatic carbocycles. The maximum Gasteiger partial charge on any atom is 0.160 e. The first-order valence-electron chi connectivity index (χ1n) is 21.8. The predicted molar refractivity (Wildman–Crippen MR) is 263 cm³/mol. The highest BCUT2D eigenvalue weighted by Crippen LogP contribution is 2.62. The van der Waals surface area contributed by atoms with Crippen molar-refractivity contribution in [3.63, 3.8) is 0 Å². The molecule has 0 unspecified atom stereocenters. The minimum absolute atomic E-state index is 0.447. The fraction of sp³-hybridized carbons (Fsp3) is 0.0167. The van der Waals surface area contributed by atoms with Crippen molar-refractivity contribution >= 4 is 33.4 Å². The van der Waals surface area contributed by atoms with E-state index in [1.165, 1.54) is 48.6 Å². The monoisotopic (exact) mass is 831 g/mol. The molecule has 0 saturated carbocycles. The molecule has 0 bridgehead atoms. The molecule has 64 heavy (non-hydrogen) atoms. The Balaban J connectivity index is 0.945. The van der Waals surface area contributed by atoms with E-state index in [-0.39, 0.29) is 0 Å². The molecule has 13 rings (SSSR count). The number of hydrogen-bond donors (Lipinski definition) is 0. The van der Waals surface area contributed by atoms with E-state index < -0.39 is 5.41 Å². The van der Waals surface area contributed by atoms with E-state index in [4.69, 9.17) is 15.0 Å². The number of para-hydroxylation sites is 1. The molecule has 2 aromatic heterocycles. The normalized spacial score (nSPS) is 13.1. The molecular formula is C60H37N3S. The Bertz CT molecular complexity index is 3530. The second-order valence-corrected chi connectivity index (χ2v) is 17.7. The molecule has 4 heteroatoms. The van der Waals surface area contributed by atoms with Gasteiger partial charge in [-0.1, -0.05) is 200 Å². The first kappa shape index (κ1) is 36.7. The predicted octanol–water partition coefficient (Wildman–Crippen LogP) is 15.3. The zero-order valence-electron chi connectivity index (χ0n) is 34.6. The minimum atomic E-state index is -0.447. The third kappa shape index (κ3) is 5.66. The maximum atomic E-state index is 5.43. The summed E-state index contributed by atoms with van der Waals surface area (Å²) in [6, 6.07) is 80.9. The zero-order chi connectivity index (χ0) is 42.2. The van der Waals surface area contributed by atoms with Gasteiger partial charge in [-0.25, -0.2) is 15.0 Å². The Labute approximate surface area is 375 Å². The molecular weight excluding hydrogens is 795 g/mol. The number of aromatic nitrogens is 3. The van der Waals surface area contributed by atoms with Gasteiger partial charge in [-0.2, -0.15) is 0 Å². The summed E-state index contributed by atoms with van der Waals surface area (Å²) in [5.74, 6) is 0.707. The lowest BCUT2D eigenvalue weighted by molar-refractivity contribution is 0.724. The molecule has 0 saturated heterocycles. The van der Waals surface area contributed by atoms with Gasteiger partial charge in [-0.05, 0) is 86.3 Å². The van der Waals surface area contributed by atoms with Gasteiger partial charge < -0.3 is 0 Å². The Morgan fingerprint density at radius 2 is 0.891 bits per heavy atom. The first-order valence-corrected chi connectivity index (χ1v) is 22.6. The van der Waals surface area contributed by atoms with E-state index in [0.29, 0.717) is 5.82 Å². The van der Waals surface area contributed by atoms with Crippen LogP contribution in [-0.2, 0) is 5.41 Å². The first-order chi connectivity index (χ1) is 31.7. The fourth-order valence-electron chi connectivity index (χ4n) is 10.3. The van der Waals surface area contributed by atoms with Gasteiger partial charge in [0.2, 0.25) is 0 Å². The van der Waals surface area contributed by atoms with Gasteiger partial charge in [0.15, 0.2) is 5.82 Å². The summed E-state index contributed by atoms with van der Waals surface area (Å²) in [5.41, 5.74) is 17.7. The molecule has 3 heterocycles. The summed E-state index contributed by atoms with van der Waals surface area (Å²) in [4.78, 5) is 18.1. The molecule has 1 aliphatic carbocycles. The highest BCUT2D eigenvalue weighted by Gasteiger charge is 2.50. The summed E-state index contributed by atoms with van der Waals surface area (Å²) >= 11 is 1.88. The largest absolute Gasteiger partial charge is 0.247 e. The topological polar surface area (TPSA) is 38.7 Å². The number of rotatable bonds is 5. The average Bonchev–Trinajstić information content (AvgIpc) is 3.66. The van der Waals surface area contributed by atoms with Gasteiger partial charge in [0, 0.05) is 42.8 Å². The van der Waals surface area contributed by atoms with E-state index >= 15 is 0 Å². The van der Waals surface area contributed by atoms with Crippen LogP contribution in [0.4, 0.5) is 0 Å². The van der Waals surface area contributed by atoms with Crippen LogP contribution in [0.15, 0.2) is 234 Å².